The van der Waals surface area contributed by atoms with Crippen LogP contribution in [0, 0.1) is 12.7 Å². The number of rotatable bonds is 5. The molecule has 1 aromatic carbocycles. The van der Waals surface area contributed by atoms with Gasteiger partial charge in [-0.3, -0.25) is 0 Å². The first kappa shape index (κ1) is 12.2. The summed E-state index contributed by atoms with van der Waals surface area (Å²) in [6.45, 7) is 4.02. The number of hydrogen-bond acceptors (Lipinski definition) is 1. The van der Waals surface area contributed by atoms with E-state index in [1.807, 2.05) is 6.92 Å². The van der Waals surface area contributed by atoms with E-state index < -0.39 is 6.10 Å². The first-order valence-electron chi connectivity index (χ1n) is 5.59. The highest BCUT2D eigenvalue weighted by Gasteiger charge is 2.12. The normalized spacial score (nSPS) is 12.8. The number of benzene rings is 1. The third-order valence-corrected chi connectivity index (χ3v) is 2.59. The van der Waals surface area contributed by atoms with Gasteiger partial charge in [-0.05, 0) is 19.4 Å². The molecule has 1 unspecified atom stereocenters. The molecule has 0 aliphatic heterocycles. The molecule has 1 aromatic rings. The van der Waals surface area contributed by atoms with Gasteiger partial charge < -0.3 is 5.11 Å². The molecule has 0 saturated heterocycles. The van der Waals surface area contributed by atoms with Crippen molar-refractivity contribution in [3.05, 3.63) is 35.1 Å². The van der Waals surface area contributed by atoms with E-state index in [1.165, 1.54) is 6.07 Å². The molecular weight excluding hydrogens is 191 g/mol. The Morgan fingerprint density at radius 1 is 1.33 bits per heavy atom. The minimum absolute atomic E-state index is 0.301. The van der Waals surface area contributed by atoms with Gasteiger partial charge in [0.15, 0.2) is 0 Å². The van der Waals surface area contributed by atoms with Crippen LogP contribution in [0.1, 0.15) is 49.8 Å². The summed E-state index contributed by atoms with van der Waals surface area (Å²) < 4.78 is 13.4. The summed E-state index contributed by atoms with van der Waals surface area (Å²) in [5, 5.41) is 9.81. The van der Waals surface area contributed by atoms with E-state index in [9.17, 15) is 9.50 Å². The molecule has 0 aromatic heterocycles. The molecule has 1 rings (SSSR count). The van der Waals surface area contributed by atoms with Crippen LogP contribution < -0.4 is 0 Å². The van der Waals surface area contributed by atoms with Gasteiger partial charge in [-0.1, -0.05) is 43.9 Å². The number of aliphatic hydroxyl groups is 1. The lowest BCUT2D eigenvalue weighted by Gasteiger charge is -2.12. The van der Waals surface area contributed by atoms with Gasteiger partial charge in [-0.25, -0.2) is 4.39 Å². The first-order chi connectivity index (χ1) is 7.15. The maximum atomic E-state index is 13.4. The van der Waals surface area contributed by atoms with Crippen molar-refractivity contribution in [1.82, 2.24) is 0 Å². The molecule has 84 valence electrons. The summed E-state index contributed by atoms with van der Waals surface area (Å²) in [6, 6.07) is 4.87. The number of aliphatic hydroxyl groups excluding tert-OH is 1. The average molecular weight is 210 g/mol. The van der Waals surface area contributed by atoms with Crippen LogP contribution in [-0.2, 0) is 0 Å². The smallest absolute Gasteiger partial charge is 0.129 e. The Balaban J connectivity index is 2.64. The number of halogens is 1. The second-order valence-electron chi connectivity index (χ2n) is 4.04. The monoisotopic (exact) mass is 210 g/mol. The Hall–Kier alpha value is -0.890. The quantitative estimate of drug-likeness (QED) is 0.734. The molecule has 0 aliphatic carbocycles. The Morgan fingerprint density at radius 3 is 2.73 bits per heavy atom. The largest absolute Gasteiger partial charge is 0.388 e. The summed E-state index contributed by atoms with van der Waals surface area (Å²) in [4.78, 5) is 0. The van der Waals surface area contributed by atoms with Crippen molar-refractivity contribution >= 4 is 0 Å². The molecule has 1 nitrogen and oxygen atoms in total. The van der Waals surface area contributed by atoms with E-state index in [-0.39, 0.29) is 5.82 Å². The van der Waals surface area contributed by atoms with Gasteiger partial charge in [-0.15, -0.1) is 0 Å². The zero-order chi connectivity index (χ0) is 11.3. The van der Waals surface area contributed by atoms with Crippen LogP contribution in [-0.4, -0.2) is 5.11 Å². The molecule has 0 fully saturated rings. The van der Waals surface area contributed by atoms with E-state index in [1.54, 1.807) is 12.1 Å². The molecule has 0 aliphatic rings. The maximum absolute atomic E-state index is 13.4. The summed E-state index contributed by atoms with van der Waals surface area (Å²) in [5.74, 6) is -0.301. The molecule has 0 saturated carbocycles. The van der Waals surface area contributed by atoms with Crippen LogP contribution in [0.25, 0.3) is 0 Å². The third kappa shape index (κ3) is 3.63. The van der Waals surface area contributed by atoms with Gasteiger partial charge >= 0.3 is 0 Å². The van der Waals surface area contributed by atoms with Crippen molar-refractivity contribution in [3.8, 4) is 0 Å². The molecule has 2 heteroatoms. The van der Waals surface area contributed by atoms with Crippen LogP contribution in [0.5, 0.6) is 0 Å². The Morgan fingerprint density at radius 2 is 2.07 bits per heavy atom. The molecule has 0 heterocycles. The van der Waals surface area contributed by atoms with E-state index in [4.69, 9.17) is 0 Å². The predicted octanol–water partition coefficient (Wildman–Crippen LogP) is 3.75. The van der Waals surface area contributed by atoms with Crippen molar-refractivity contribution in [3.63, 3.8) is 0 Å². The van der Waals surface area contributed by atoms with Crippen molar-refractivity contribution in [2.24, 2.45) is 0 Å². The lowest BCUT2D eigenvalue weighted by Crippen LogP contribution is -2.01. The van der Waals surface area contributed by atoms with Gasteiger partial charge in [0.1, 0.15) is 5.82 Å². The highest BCUT2D eigenvalue weighted by Crippen LogP contribution is 2.23. The van der Waals surface area contributed by atoms with Crippen LogP contribution in [0.4, 0.5) is 4.39 Å². The first-order valence-corrected chi connectivity index (χ1v) is 5.59. The number of hydrogen-bond donors (Lipinski definition) is 1. The fourth-order valence-corrected chi connectivity index (χ4v) is 1.66. The van der Waals surface area contributed by atoms with Crippen LogP contribution in [0.15, 0.2) is 18.2 Å². The van der Waals surface area contributed by atoms with E-state index in [0.29, 0.717) is 12.0 Å². The maximum Gasteiger partial charge on any atom is 0.129 e. The van der Waals surface area contributed by atoms with Gasteiger partial charge in [-0.2, -0.15) is 0 Å². The molecule has 15 heavy (non-hydrogen) atoms. The van der Waals surface area contributed by atoms with Gasteiger partial charge in [0.25, 0.3) is 0 Å². The molecular formula is C13H19FO. The topological polar surface area (TPSA) is 20.2 Å². The molecule has 1 N–H and O–H groups in total. The highest BCUT2D eigenvalue weighted by molar-refractivity contribution is 5.25. The fourth-order valence-electron chi connectivity index (χ4n) is 1.66. The molecule has 0 spiro atoms. The van der Waals surface area contributed by atoms with Crippen molar-refractivity contribution in [2.75, 3.05) is 0 Å². The number of unbranched alkanes of at least 4 members (excludes halogenated alkanes) is 2. The Bertz CT molecular complexity index is 309. The van der Waals surface area contributed by atoms with E-state index in [2.05, 4.69) is 6.92 Å². The minimum Gasteiger partial charge on any atom is -0.388 e. The molecule has 0 radical (unpaired) electrons. The predicted molar refractivity (Wildman–Crippen MR) is 60.2 cm³/mol. The lowest BCUT2D eigenvalue weighted by atomic mass is 10.0. The van der Waals surface area contributed by atoms with Gasteiger partial charge in [0.2, 0.25) is 0 Å². The Kier molecular flexibility index (Phi) is 4.76. The SMILES string of the molecule is CCCCCC(O)c1cc(C)ccc1F. The second-order valence-corrected chi connectivity index (χ2v) is 4.04. The summed E-state index contributed by atoms with van der Waals surface area (Å²) in [5.41, 5.74) is 1.42. The van der Waals surface area contributed by atoms with E-state index in [0.717, 1.165) is 24.8 Å². The summed E-state index contributed by atoms with van der Waals surface area (Å²) in [6.07, 6.45) is 3.14. The minimum atomic E-state index is -0.656. The summed E-state index contributed by atoms with van der Waals surface area (Å²) >= 11 is 0. The summed E-state index contributed by atoms with van der Waals surface area (Å²) in [7, 11) is 0. The van der Waals surface area contributed by atoms with Crippen molar-refractivity contribution in [1.29, 1.82) is 0 Å². The third-order valence-electron chi connectivity index (χ3n) is 2.59. The number of aryl methyl sites for hydroxylation is 1. The zero-order valence-corrected chi connectivity index (χ0v) is 9.46. The van der Waals surface area contributed by atoms with Crippen LogP contribution in [0.2, 0.25) is 0 Å². The van der Waals surface area contributed by atoms with Crippen LogP contribution in [0.3, 0.4) is 0 Å². The Labute approximate surface area is 90.9 Å². The fraction of sp³-hybridized carbons (Fsp3) is 0.538. The molecule has 0 bridgehead atoms. The van der Waals surface area contributed by atoms with Gasteiger partial charge in [0.05, 0.1) is 6.10 Å². The average Bonchev–Trinajstić information content (AvgIpc) is 2.22. The van der Waals surface area contributed by atoms with Gasteiger partial charge in [0, 0.05) is 5.56 Å². The van der Waals surface area contributed by atoms with Crippen molar-refractivity contribution < 1.29 is 9.50 Å². The van der Waals surface area contributed by atoms with Crippen molar-refractivity contribution in [2.45, 2.75) is 45.6 Å². The van der Waals surface area contributed by atoms with Crippen LogP contribution >= 0.6 is 0 Å². The molecule has 1 atom stereocenters. The molecule has 0 amide bonds. The lowest BCUT2D eigenvalue weighted by molar-refractivity contribution is 0.159. The standard InChI is InChI=1S/C13H19FO/c1-3-4-5-6-13(15)11-9-10(2)7-8-12(11)14/h7-9,13,15H,3-6H2,1-2H3. The highest BCUT2D eigenvalue weighted by atomic mass is 19.1. The van der Waals surface area contributed by atoms with E-state index >= 15 is 0 Å². The second kappa shape index (κ2) is 5.86. The zero-order valence-electron chi connectivity index (χ0n) is 9.46.